The van der Waals surface area contributed by atoms with Crippen LogP contribution in [0.1, 0.15) is 31.7 Å². The summed E-state index contributed by atoms with van der Waals surface area (Å²) in [6.07, 6.45) is 5.42. The Morgan fingerprint density at radius 3 is 2.84 bits per heavy atom. The van der Waals surface area contributed by atoms with E-state index in [9.17, 15) is 0 Å². The molecule has 1 N–H and O–H groups in total. The van der Waals surface area contributed by atoms with Crippen LogP contribution in [0.2, 0.25) is 0 Å². The van der Waals surface area contributed by atoms with Crippen molar-refractivity contribution in [3.05, 3.63) is 23.9 Å². The molecule has 4 nitrogen and oxygen atoms in total. The maximum Gasteiger partial charge on any atom is 0.125 e. The molecule has 1 aliphatic rings. The van der Waals surface area contributed by atoms with E-state index in [0.717, 1.165) is 31.2 Å². The van der Waals surface area contributed by atoms with Crippen molar-refractivity contribution < 1.29 is 0 Å². The van der Waals surface area contributed by atoms with Gasteiger partial charge in [-0.2, -0.15) is 5.26 Å². The van der Waals surface area contributed by atoms with Crippen molar-refractivity contribution in [2.45, 2.75) is 26.2 Å². The Hall–Kier alpha value is -1.60. The second kappa shape index (κ2) is 7.10. The minimum Gasteiger partial charge on any atom is -0.370 e. The molecule has 0 aliphatic carbocycles. The van der Waals surface area contributed by atoms with E-state index in [0.29, 0.717) is 5.56 Å². The number of pyridine rings is 1. The van der Waals surface area contributed by atoms with Gasteiger partial charge in [0.1, 0.15) is 11.9 Å². The molecule has 1 aromatic heterocycles. The molecule has 0 spiro atoms. The lowest BCUT2D eigenvalue weighted by atomic mass is 9.99. The van der Waals surface area contributed by atoms with Crippen molar-refractivity contribution in [2.75, 3.05) is 31.5 Å². The molecule has 0 aromatic carbocycles. The van der Waals surface area contributed by atoms with Crippen LogP contribution in [0.25, 0.3) is 0 Å². The van der Waals surface area contributed by atoms with Gasteiger partial charge in [-0.05, 0) is 56.9 Å². The van der Waals surface area contributed by atoms with Gasteiger partial charge in [0.2, 0.25) is 0 Å². The number of hydrogen-bond donors (Lipinski definition) is 1. The lowest BCUT2D eigenvalue weighted by molar-refractivity contribution is 0.192. The standard InChI is InChI=1S/C15H22N4/c1-13-5-9-19(10-6-13)8-2-7-17-15-4-3-14(11-16)12-18-15/h3-4,12-13H,2,5-10H2,1H3,(H,17,18). The summed E-state index contributed by atoms with van der Waals surface area (Å²) >= 11 is 0. The molecule has 1 aromatic rings. The van der Waals surface area contributed by atoms with Gasteiger partial charge in [-0.1, -0.05) is 6.92 Å². The highest BCUT2D eigenvalue weighted by molar-refractivity contribution is 5.38. The monoisotopic (exact) mass is 258 g/mol. The first-order chi connectivity index (χ1) is 9.28. The fraction of sp³-hybridized carbons (Fsp3) is 0.600. The van der Waals surface area contributed by atoms with E-state index in [4.69, 9.17) is 5.26 Å². The van der Waals surface area contributed by atoms with E-state index >= 15 is 0 Å². The van der Waals surface area contributed by atoms with Gasteiger partial charge in [0, 0.05) is 12.7 Å². The number of rotatable bonds is 5. The third-order valence-electron chi connectivity index (χ3n) is 3.73. The molecule has 2 heterocycles. The highest BCUT2D eigenvalue weighted by Gasteiger charge is 2.14. The lowest BCUT2D eigenvalue weighted by Gasteiger charge is -2.30. The van der Waals surface area contributed by atoms with Crippen molar-refractivity contribution in [1.82, 2.24) is 9.88 Å². The Morgan fingerprint density at radius 2 is 2.21 bits per heavy atom. The fourth-order valence-corrected chi connectivity index (χ4v) is 2.37. The van der Waals surface area contributed by atoms with Crippen molar-refractivity contribution in [2.24, 2.45) is 5.92 Å². The Morgan fingerprint density at radius 1 is 1.42 bits per heavy atom. The van der Waals surface area contributed by atoms with Crippen LogP contribution in [0, 0.1) is 17.2 Å². The van der Waals surface area contributed by atoms with Crippen LogP contribution in [0.3, 0.4) is 0 Å². The average Bonchev–Trinajstić information content (AvgIpc) is 2.46. The zero-order valence-electron chi connectivity index (χ0n) is 11.6. The molecule has 2 rings (SSSR count). The van der Waals surface area contributed by atoms with Gasteiger partial charge in [0.05, 0.1) is 5.56 Å². The lowest BCUT2D eigenvalue weighted by Crippen LogP contribution is -2.34. The van der Waals surface area contributed by atoms with Gasteiger partial charge in [-0.15, -0.1) is 0 Å². The largest absolute Gasteiger partial charge is 0.370 e. The molecule has 1 fully saturated rings. The highest BCUT2D eigenvalue weighted by Crippen LogP contribution is 2.15. The first-order valence-electron chi connectivity index (χ1n) is 7.10. The second-order valence-corrected chi connectivity index (χ2v) is 5.35. The van der Waals surface area contributed by atoms with E-state index in [1.165, 1.54) is 25.9 Å². The number of nitrogens with one attached hydrogen (secondary N) is 1. The Bertz CT molecular complexity index is 413. The van der Waals surface area contributed by atoms with E-state index in [-0.39, 0.29) is 0 Å². The normalized spacial score (nSPS) is 17.1. The molecule has 1 saturated heterocycles. The van der Waals surface area contributed by atoms with Crippen molar-refractivity contribution in [3.8, 4) is 6.07 Å². The fourth-order valence-electron chi connectivity index (χ4n) is 2.37. The third-order valence-corrected chi connectivity index (χ3v) is 3.73. The number of hydrogen-bond acceptors (Lipinski definition) is 4. The zero-order valence-corrected chi connectivity index (χ0v) is 11.6. The summed E-state index contributed by atoms with van der Waals surface area (Å²) in [6.45, 7) is 6.93. The first kappa shape index (κ1) is 13.8. The smallest absolute Gasteiger partial charge is 0.125 e. The first-order valence-corrected chi connectivity index (χ1v) is 7.10. The second-order valence-electron chi connectivity index (χ2n) is 5.35. The number of anilines is 1. The van der Waals surface area contributed by atoms with Crippen molar-refractivity contribution in [1.29, 1.82) is 5.26 Å². The van der Waals surface area contributed by atoms with Gasteiger partial charge in [-0.25, -0.2) is 4.98 Å². The van der Waals surface area contributed by atoms with Crippen LogP contribution in [-0.4, -0.2) is 36.1 Å². The molecule has 1 aliphatic heterocycles. The summed E-state index contributed by atoms with van der Waals surface area (Å²) < 4.78 is 0. The van der Waals surface area contributed by atoms with Crippen molar-refractivity contribution >= 4 is 5.82 Å². The Balaban J connectivity index is 1.62. The number of piperidine rings is 1. The van der Waals surface area contributed by atoms with E-state index in [1.54, 1.807) is 12.3 Å². The minimum absolute atomic E-state index is 0.605. The number of likely N-dealkylation sites (tertiary alicyclic amines) is 1. The van der Waals surface area contributed by atoms with Crippen LogP contribution < -0.4 is 5.32 Å². The van der Waals surface area contributed by atoms with E-state index < -0.39 is 0 Å². The SMILES string of the molecule is CC1CCN(CCCNc2ccc(C#N)cn2)CC1. The van der Waals surface area contributed by atoms with E-state index in [2.05, 4.69) is 28.2 Å². The van der Waals surface area contributed by atoms with Gasteiger partial charge >= 0.3 is 0 Å². The molecule has 0 amide bonds. The molecule has 0 saturated carbocycles. The summed E-state index contributed by atoms with van der Waals surface area (Å²) in [5.74, 6) is 1.75. The molecule has 0 bridgehead atoms. The molecule has 4 heteroatoms. The van der Waals surface area contributed by atoms with Crippen LogP contribution in [0.15, 0.2) is 18.3 Å². The minimum atomic E-state index is 0.605. The summed E-state index contributed by atoms with van der Waals surface area (Å²) in [5, 5.41) is 12.0. The van der Waals surface area contributed by atoms with Crippen LogP contribution in [-0.2, 0) is 0 Å². The third kappa shape index (κ3) is 4.53. The Labute approximate surface area is 115 Å². The van der Waals surface area contributed by atoms with Gasteiger partial charge in [0.25, 0.3) is 0 Å². The maximum atomic E-state index is 8.69. The summed E-state index contributed by atoms with van der Waals surface area (Å²) in [4.78, 5) is 6.75. The number of nitriles is 1. The highest BCUT2D eigenvalue weighted by atomic mass is 15.1. The Kier molecular flexibility index (Phi) is 5.17. The quantitative estimate of drug-likeness (QED) is 0.824. The van der Waals surface area contributed by atoms with Crippen molar-refractivity contribution in [3.63, 3.8) is 0 Å². The van der Waals surface area contributed by atoms with Gasteiger partial charge in [-0.3, -0.25) is 0 Å². The molecule has 19 heavy (non-hydrogen) atoms. The zero-order chi connectivity index (χ0) is 13.5. The number of nitrogens with zero attached hydrogens (tertiary/aromatic N) is 3. The van der Waals surface area contributed by atoms with Crippen LogP contribution in [0.4, 0.5) is 5.82 Å². The molecule has 0 atom stereocenters. The summed E-state index contributed by atoms with van der Waals surface area (Å²) in [5.41, 5.74) is 0.605. The van der Waals surface area contributed by atoms with Gasteiger partial charge < -0.3 is 10.2 Å². The maximum absolute atomic E-state index is 8.69. The molecule has 0 unspecified atom stereocenters. The van der Waals surface area contributed by atoms with Gasteiger partial charge in [0.15, 0.2) is 0 Å². The van der Waals surface area contributed by atoms with Crippen LogP contribution >= 0.6 is 0 Å². The predicted molar refractivity (Wildman–Crippen MR) is 76.9 cm³/mol. The molecular weight excluding hydrogens is 236 g/mol. The van der Waals surface area contributed by atoms with Crippen LogP contribution in [0.5, 0.6) is 0 Å². The molecule has 102 valence electrons. The molecular formula is C15H22N4. The predicted octanol–water partition coefficient (Wildman–Crippen LogP) is 2.49. The topological polar surface area (TPSA) is 52.0 Å². The molecule has 0 radical (unpaired) electrons. The average molecular weight is 258 g/mol. The summed E-state index contributed by atoms with van der Waals surface area (Å²) in [6, 6.07) is 5.73. The number of aromatic nitrogens is 1. The van der Waals surface area contributed by atoms with E-state index in [1.807, 2.05) is 6.07 Å². The summed E-state index contributed by atoms with van der Waals surface area (Å²) in [7, 11) is 0.